The van der Waals surface area contributed by atoms with Gasteiger partial charge in [-0.1, -0.05) is 18.2 Å². The van der Waals surface area contributed by atoms with Gasteiger partial charge in [0.05, 0.1) is 6.20 Å². The van der Waals surface area contributed by atoms with E-state index >= 15 is 0 Å². The van der Waals surface area contributed by atoms with Crippen molar-refractivity contribution in [3.05, 3.63) is 71.8 Å². The van der Waals surface area contributed by atoms with Crippen LogP contribution in [-0.4, -0.2) is 53.9 Å². The van der Waals surface area contributed by atoms with E-state index in [-0.39, 0.29) is 11.7 Å². The van der Waals surface area contributed by atoms with Gasteiger partial charge in [0.1, 0.15) is 5.82 Å². The standard InChI is InChI=1S/C26H30FN5O/c1-28-16-22-14-21(23-17-30-31-18-23)5-8-25(22)29-15-20-10-12-32(13-11-20)26(33)9-4-19-2-6-24(27)7-3-19/h2-3,5-8,14,16-18,20,29H,4,9-13,15H2,1H3,(H,30,31)/b28-16-. The van der Waals surface area contributed by atoms with Crippen LogP contribution >= 0.6 is 0 Å². The number of benzene rings is 2. The Kier molecular flexibility index (Phi) is 7.50. The van der Waals surface area contributed by atoms with Crippen LogP contribution in [0.15, 0.2) is 59.9 Å². The summed E-state index contributed by atoms with van der Waals surface area (Å²) in [6, 6.07) is 12.7. The van der Waals surface area contributed by atoms with Crippen LogP contribution < -0.4 is 5.32 Å². The van der Waals surface area contributed by atoms with Crippen LogP contribution in [0, 0.1) is 11.7 Å². The van der Waals surface area contributed by atoms with Gasteiger partial charge in [-0.25, -0.2) is 4.39 Å². The third-order valence-corrected chi connectivity index (χ3v) is 6.24. The number of aryl methyl sites for hydroxylation is 1. The molecule has 0 bridgehead atoms. The molecule has 2 heterocycles. The molecule has 0 spiro atoms. The van der Waals surface area contributed by atoms with Gasteiger partial charge in [0.25, 0.3) is 0 Å². The number of amides is 1. The van der Waals surface area contributed by atoms with Crippen molar-refractivity contribution in [2.75, 3.05) is 32.0 Å². The summed E-state index contributed by atoms with van der Waals surface area (Å²) >= 11 is 0. The first-order valence-corrected chi connectivity index (χ1v) is 11.4. The second-order valence-corrected chi connectivity index (χ2v) is 8.51. The summed E-state index contributed by atoms with van der Waals surface area (Å²) < 4.78 is 13.0. The number of carbonyl (C=O) groups is 1. The summed E-state index contributed by atoms with van der Waals surface area (Å²) in [5, 5.41) is 10.5. The van der Waals surface area contributed by atoms with E-state index in [1.807, 2.05) is 23.5 Å². The minimum absolute atomic E-state index is 0.182. The number of rotatable bonds is 8. The molecule has 4 rings (SSSR count). The van der Waals surface area contributed by atoms with E-state index in [9.17, 15) is 9.18 Å². The second kappa shape index (κ2) is 10.9. The molecule has 0 aliphatic carbocycles. The lowest BCUT2D eigenvalue weighted by Gasteiger charge is -2.32. The number of hydrogen-bond acceptors (Lipinski definition) is 4. The maximum Gasteiger partial charge on any atom is 0.222 e. The summed E-state index contributed by atoms with van der Waals surface area (Å²) in [7, 11) is 1.77. The number of nitrogens with zero attached hydrogens (tertiary/aromatic N) is 3. The number of halogens is 1. The summed E-state index contributed by atoms with van der Waals surface area (Å²) in [5.74, 6) is 0.455. The SMILES string of the molecule is C/N=C\c1cc(-c2cn[nH]c2)ccc1NCC1CCN(C(=O)CCc2ccc(F)cc2)CC1. The number of aliphatic imine (C=N–C) groups is 1. The fourth-order valence-electron chi connectivity index (χ4n) is 4.26. The van der Waals surface area contributed by atoms with E-state index in [1.54, 1.807) is 19.2 Å². The predicted octanol–water partition coefficient (Wildman–Crippen LogP) is 4.55. The number of carbonyl (C=O) groups excluding carboxylic acids is 1. The van der Waals surface area contributed by atoms with Gasteiger partial charge in [0.15, 0.2) is 0 Å². The minimum Gasteiger partial charge on any atom is -0.384 e. The van der Waals surface area contributed by atoms with Gasteiger partial charge in [0, 0.05) is 62.3 Å². The van der Waals surface area contributed by atoms with Crippen molar-refractivity contribution in [2.45, 2.75) is 25.7 Å². The number of nitrogens with one attached hydrogen (secondary N) is 2. The minimum atomic E-state index is -0.247. The van der Waals surface area contributed by atoms with Crippen LogP contribution in [-0.2, 0) is 11.2 Å². The molecule has 2 aromatic carbocycles. The Hall–Kier alpha value is -3.48. The Morgan fingerprint density at radius 3 is 2.70 bits per heavy atom. The Morgan fingerprint density at radius 2 is 2.00 bits per heavy atom. The summed E-state index contributed by atoms with van der Waals surface area (Å²) in [5.41, 5.74) is 5.24. The molecule has 33 heavy (non-hydrogen) atoms. The van der Waals surface area contributed by atoms with Crippen molar-refractivity contribution in [3.63, 3.8) is 0 Å². The molecule has 1 saturated heterocycles. The zero-order valence-electron chi connectivity index (χ0n) is 18.9. The van der Waals surface area contributed by atoms with E-state index in [4.69, 9.17) is 0 Å². The second-order valence-electron chi connectivity index (χ2n) is 8.51. The van der Waals surface area contributed by atoms with Gasteiger partial charge >= 0.3 is 0 Å². The summed E-state index contributed by atoms with van der Waals surface area (Å²) in [4.78, 5) is 18.8. The molecular weight excluding hydrogens is 417 g/mol. The number of likely N-dealkylation sites (tertiary alicyclic amines) is 1. The lowest BCUT2D eigenvalue weighted by Crippen LogP contribution is -2.40. The number of anilines is 1. The van der Waals surface area contributed by atoms with E-state index in [2.05, 4.69) is 38.7 Å². The van der Waals surface area contributed by atoms with Crippen LogP contribution in [0.3, 0.4) is 0 Å². The lowest BCUT2D eigenvalue weighted by molar-refractivity contribution is -0.132. The summed E-state index contributed by atoms with van der Waals surface area (Å²) in [6.45, 7) is 2.45. The topological polar surface area (TPSA) is 73.4 Å². The van der Waals surface area contributed by atoms with Crippen molar-refractivity contribution in [1.82, 2.24) is 15.1 Å². The Morgan fingerprint density at radius 1 is 1.21 bits per heavy atom. The molecular formula is C26H30FN5O. The summed E-state index contributed by atoms with van der Waals surface area (Å²) in [6.07, 6.45) is 8.65. The van der Waals surface area contributed by atoms with Crippen molar-refractivity contribution in [1.29, 1.82) is 0 Å². The Labute approximate surface area is 193 Å². The van der Waals surface area contributed by atoms with Crippen LogP contribution in [0.1, 0.15) is 30.4 Å². The normalized spacial score (nSPS) is 14.7. The van der Waals surface area contributed by atoms with Crippen molar-refractivity contribution in [2.24, 2.45) is 10.9 Å². The molecule has 1 fully saturated rings. The van der Waals surface area contributed by atoms with Crippen LogP contribution in [0.25, 0.3) is 11.1 Å². The fourth-order valence-corrected chi connectivity index (χ4v) is 4.26. The smallest absolute Gasteiger partial charge is 0.222 e. The number of aromatic nitrogens is 2. The first-order chi connectivity index (χ1) is 16.1. The first kappa shape index (κ1) is 22.7. The molecule has 7 heteroatoms. The third-order valence-electron chi connectivity index (χ3n) is 6.24. The van der Waals surface area contributed by atoms with Gasteiger partial charge in [-0.05, 0) is 60.6 Å². The highest BCUT2D eigenvalue weighted by molar-refractivity contribution is 5.90. The molecule has 0 radical (unpaired) electrons. The van der Waals surface area contributed by atoms with Crippen molar-refractivity contribution < 1.29 is 9.18 Å². The molecule has 3 aromatic rings. The van der Waals surface area contributed by atoms with Crippen LogP contribution in [0.2, 0.25) is 0 Å². The number of piperidine rings is 1. The van der Waals surface area contributed by atoms with Gasteiger partial charge in [-0.3, -0.25) is 14.9 Å². The van der Waals surface area contributed by atoms with Gasteiger partial charge < -0.3 is 10.2 Å². The van der Waals surface area contributed by atoms with E-state index in [1.165, 1.54) is 12.1 Å². The zero-order valence-corrected chi connectivity index (χ0v) is 18.9. The average molecular weight is 448 g/mol. The molecule has 1 aromatic heterocycles. The maximum atomic E-state index is 13.0. The maximum absolute atomic E-state index is 13.0. The monoisotopic (exact) mass is 447 g/mol. The van der Waals surface area contributed by atoms with Crippen LogP contribution in [0.4, 0.5) is 10.1 Å². The lowest BCUT2D eigenvalue weighted by atomic mass is 9.96. The van der Waals surface area contributed by atoms with Crippen LogP contribution in [0.5, 0.6) is 0 Å². The van der Waals surface area contributed by atoms with Gasteiger partial charge in [-0.2, -0.15) is 5.10 Å². The van der Waals surface area contributed by atoms with E-state index in [0.717, 1.165) is 60.4 Å². The van der Waals surface area contributed by atoms with Crippen molar-refractivity contribution >= 4 is 17.8 Å². The fraction of sp³-hybridized carbons (Fsp3) is 0.346. The molecule has 0 atom stereocenters. The molecule has 6 nitrogen and oxygen atoms in total. The molecule has 0 saturated carbocycles. The number of aromatic amines is 1. The highest BCUT2D eigenvalue weighted by Crippen LogP contribution is 2.25. The highest BCUT2D eigenvalue weighted by atomic mass is 19.1. The molecule has 1 aliphatic rings. The molecule has 1 amide bonds. The Balaban J connectivity index is 1.26. The van der Waals surface area contributed by atoms with Gasteiger partial charge in [-0.15, -0.1) is 0 Å². The molecule has 172 valence electrons. The molecule has 0 unspecified atom stereocenters. The quantitative estimate of drug-likeness (QED) is 0.498. The largest absolute Gasteiger partial charge is 0.384 e. The predicted molar refractivity (Wildman–Crippen MR) is 130 cm³/mol. The third kappa shape index (κ3) is 6.06. The molecule has 1 aliphatic heterocycles. The average Bonchev–Trinajstić information content (AvgIpc) is 3.38. The Bertz CT molecular complexity index is 1070. The highest BCUT2D eigenvalue weighted by Gasteiger charge is 2.22. The van der Waals surface area contributed by atoms with Crippen molar-refractivity contribution in [3.8, 4) is 11.1 Å². The number of H-pyrrole nitrogens is 1. The van der Waals surface area contributed by atoms with Gasteiger partial charge in [0.2, 0.25) is 5.91 Å². The number of hydrogen-bond donors (Lipinski definition) is 2. The molecule has 2 N–H and O–H groups in total. The zero-order chi connectivity index (χ0) is 23.0. The first-order valence-electron chi connectivity index (χ1n) is 11.4. The van der Waals surface area contributed by atoms with E-state index in [0.29, 0.717) is 18.8 Å². The van der Waals surface area contributed by atoms with E-state index < -0.39 is 0 Å².